The molecule has 1 aliphatic heterocycles. The lowest BCUT2D eigenvalue weighted by Crippen LogP contribution is -2.46. The second kappa shape index (κ2) is 6.25. The van der Waals surface area contributed by atoms with Crippen LogP contribution in [0.15, 0.2) is 24.7 Å². The maximum atomic E-state index is 12.7. The third kappa shape index (κ3) is 3.00. The van der Waals surface area contributed by atoms with Crippen LogP contribution in [0.2, 0.25) is 0 Å². The standard InChI is InChI=1S/C16H21N5O/c1-12-9-13(2)21(19-12)11-14-5-3-4-8-20(14)16(22)15-10-17-6-7-18-15/h6-7,9-10,14H,3-5,8,11H2,1-2H3. The van der Waals surface area contributed by atoms with E-state index in [4.69, 9.17) is 0 Å². The summed E-state index contributed by atoms with van der Waals surface area (Å²) in [6.45, 7) is 5.57. The first kappa shape index (κ1) is 14.7. The fourth-order valence-corrected chi connectivity index (χ4v) is 3.07. The first-order chi connectivity index (χ1) is 10.6. The number of hydrogen-bond acceptors (Lipinski definition) is 4. The Hall–Kier alpha value is -2.24. The number of rotatable bonds is 3. The van der Waals surface area contributed by atoms with Crippen LogP contribution >= 0.6 is 0 Å². The van der Waals surface area contributed by atoms with Gasteiger partial charge in [-0.3, -0.25) is 14.5 Å². The molecule has 1 saturated heterocycles. The normalized spacial score (nSPS) is 18.5. The molecule has 116 valence electrons. The molecular formula is C16H21N5O. The van der Waals surface area contributed by atoms with E-state index in [0.717, 1.165) is 43.7 Å². The Morgan fingerprint density at radius 1 is 1.32 bits per heavy atom. The summed E-state index contributed by atoms with van der Waals surface area (Å²) in [6, 6.07) is 2.23. The molecule has 1 aliphatic rings. The molecule has 2 aromatic heterocycles. The number of piperidine rings is 1. The Balaban J connectivity index is 1.79. The van der Waals surface area contributed by atoms with Crippen LogP contribution in [0.5, 0.6) is 0 Å². The van der Waals surface area contributed by atoms with Gasteiger partial charge in [-0.15, -0.1) is 0 Å². The highest BCUT2D eigenvalue weighted by Crippen LogP contribution is 2.21. The molecule has 0 aliphatic carbocycles. The monoisotopic (exact) mass is 299 g/mol. The van der Waals surface area contributed by atoms with E-state index in [1.807, 2.05) is 16.5 Å². The van der Waals surface area contributed by atoms with Gasteiger partial charge in [0.05, 0.1) is 24.5 Å². The minimum atomic E-state index is -0.0284. The van der Waals surface area contributed by atoms with E-state index < -0.39 is 0 Å². The fraction of sp³-hybridized carbons (Fsp3) is 0.500. The molecule has 1 amide bonds. The lowest BCUT2D eigenvalue weighted by molar-refractivity contribution is 0.0576. The van der Waals surface area contributed by atoms with Crippen molar-refractivity contribution in [2.24, 2.45) is 0 Å². The average molecular weight is 299 g/mol. The fourth-order valence-electron chi connectivity index (χ4n) is 3.07. The molecule has 0 radical (unpaired) electrons. The highest BCUT2D eigenvalue weighted by Gasteiger charge is 2.29. The molecule has 0 aromatic carbocycles. The van der Waals surface area contributed by atoms with Crippen molar-refractivity contribution in [2.45, 2.75) is 45.7 Å². The van der Waals surface area contributed by atoms with Gasteiger partial charge in [0.15, 0.2) is 0 Å². The topological polar surface area (TPSA) is 63.9 Å². The zero-order chi connectivity index (χ0) is 15.5. The second-order valence-corrected chi connectivity index (χ2v) is 5.85. The van der Waals surface area contributed by atoms with Gasteiger partial charge in [0, 0.05) is 24.6 Å². The van der Waals surface area contributed by atoms with Gasteiger partial charge >= 0.3 is 0 Å². The van der Waals surface area contributed by atoms with Crippen LogP contribution in [-0.2, 0) is 6.54 Å². The Labute approximate surface area is 130 Å². The maximum absolute atomic E-state index is 12.7. The van der Waals surface area contributed by atoms with Crippen molar-refractivity contribution in [2.75, 3.05) is 6.54 Å². The zero-order valence-electron chi connectivity index (χ0n) is 13.1. The lowest BCUT2D eigenvalue weighted by Gasteiger charge is -2.35. The van der Waals surface area contributed by atoms with Crippen molar-refractivity contribution in [3.63, 3.8) is 0 Å². The molecule has 0 bridgehead atoms. The van der Waals surface area contributed by atoms with E-state index >= 15 is 0 Å². The van der Waals surface area contributed by atoms with Crippen molar-refractivity contribution in [1.82, 2.24) is 24.6 Å². The number of carbonyl (C=O) groups is 1. The third-order valence-corrected chi connectivity index (χ3v) is 4.16. The number of likely N-dealkylation sites (tertiary alicyclic amines) is 1. The lowest BCUT2D eigenvalue weighted by atomic mass is 10.0. The van der Waals surface area contributed by atoms with E-state index in [1.165, 1.54) is 6.20 Å². The van der Waals surface area contributed by atoms with Gasteiger partial charge in [0.2, 0.25) is 0 Å². The molecule has 6 nitrogen and oxygen atoms in total. The van der Waals surface area contributed by atoms with Crippen molar-refractivity contribution >= 4 is 5.91 Å². The molecule has 0 spiro atoms. The van der Waals surface area contributed by atoms with Crippen LogP contribution in [0.4, 0.5) is 0 Å². The molecule has 3 rings (SSSR count). The van der Waals surface area contributed by atoms with Crippen molar-refractivity contribution in [1.29, 1.82) is 0 Å². The number of hydrogen-bond donors (Lipinski definition) is 0. The Morgan fingerprint density at radius 2 is 2.18 bits per heavy atom. The number of carbonyl (C=O) groups excluding carboxylic acids is 1. The summed E-state index contributed by atoms with van der Waals surface area (Å²) in [5.41, 5.74) is 2.57. The summed E-state index contributed by atoms with van der Waals surface area (Å²) in [5.74, 6) is -0.0284. The summed E-state index contributed by atoms with van der Waals surface area (Å²) in [6.07, 6.45) is 7.88. The van der Waals surface area contributed by atoms with Crippen LogP contribution in [0.3, 0.4) is 0 Å². The van der Waals surface area contributed by atoms with E-state index in [1.54, 1.807) is 12.4 Å². The molecule has 22 heavy (non-hydrogen) atoms. The quantitative estimate of drug-likeness (QED) is 0.869. The molecule has 2 aromatic rings. The third-order valence-electron chi connectivity index (χ3n) is 4.16. The van der Waals surface area contributed by atoms with Crippen LogP contribution in [0, 0.1) is 13.8 Å². The van der Waals surface area contributed by atoms with Gasteiger partial charge in [-0.1, -0.05) is 0 Å². The first-order valence-corrected chi connectivity index (χ1v) is 7.73. The van der Waals surface area contributed by atoms with Gasteiger partial charge < -0.3 is 4.90 Å². The molecule has 1 atom stereocenters. The van der Waals surface area contributed by atoms with Gasteiger partial charge in [-0.2, -0.15) is 5.10 Å². The summed E-state index contributed by atoms with van der Waals surface area (Å²) in [7, 11) is 0. The average Bonchev–Trinajstić information content (AvgIpc) is 2.86. The number of nitrogens with zero attached hydrogens (tertiary/aromatic N) is 5. The molecule has 3 heterocycles. The largest absolute Gasteiger partial charge is 0.332 e. The minimum absolute atomic E-state index is 0.0284. The predicted octanol–water partition coefficient (Wildman–Crippen LogP) is 1.98. The molecule has 0 N–H and O–H groups in total. The molecule has 1 fully saturated rings. The highest BCUT2D eigenvalue weighted by atomic mass is 16.2. The summed E-state index contributed by atoms with van der Waals surface area (Å²) in [5, 5.41) is 4.52. The predicted molar refractivity (Wildman–Crippen MR) is 82.4 cm³/mol. The van der Waals surface area contributed by atoms with Crippen molar-refractivity contribution in [3.05, 3.63) is 41.7 Å². The molecule has 6 heteroatoms. The maximum Gasteiger partial charge on any atom is 0.274 e. The van der Waals surface area contributed by atoms with Crippen LogP contribution in [-0.4, -0.2) is 43.1 Å². The zero-order valence-corrected chi connectivity index (χ0v) is 13.1. The second-order valence-electron chi connectivity index (χ2n) is 5.85. The van der Waals surface area contributed by atoms with Crippen LogP contribution in [0.25, 0.3) is 0 Å². The number of amides is 1. The molecule has 1 unspecified atom stereocenters. The summed E-state index contributed by atoms with van der Waals surface area (Å²) in [4.78, 5) is 22.8. The van der Waals surface area contributed by atoms with E-state index in [0.29, 0.717) is 5.69 Å². The van der Waals surface area contributed by atoms with Crippen molar-refractivity contribution < 1.29 is 4.79 Å². The Kier molecular flexibility index (Phi) is 4.18. The molecule has 0 saturated carbocycles. The summed E-state index contributed by atoms with van der Waals surface area (Å²) < 4.78 is 2.00. The SMILES string of the molecule is Cc1cc(C)n(CC2CCCCN2C(=O)c2cnccn2)n1. The van der Waals surface area contributed by atoms with Crippen LogP contribution < -0.4 is 0 Å². The van der Waals surface area contributed by atoms with E-state index in [2.05, 4.69) is 28.1 Å². The van der Waals surface area contributed by atoms with E-state index in [9.17, 15) is 4.79 Å². The highest BCUT2D eigenvalue weighted by molar-refractivity contribution is 5.92. The Morgan fingerprint density at radius 3 is 2.86 bits per heavy atom. The summed E-state index contributed by atoms with van der Waals surface area (Å²) >= 11 is 0. The van der Waals surface area contributed by atoms with Gasteiger partial charge in [-0.05, 0) is 39.2 Å². The molecular weight excluding hydrogens is 278 g/mol. The minimum Gasteiger partial charge on any atom is -0.332 e. The van der Waals surface area contributed by atoms with Gasteiger partial charge in [0.1, 0.15) is 5.69 Å². The van der Waals surface area contributed by atoms with Gasteiger partial charge in [0.25, 0.3) is 5.91 Å². The van der Waals surface area contributed by atoms with Crippen LogP contribution in [0.1, 0.15) is 41.1 Å². The Bertz CT molecular complexity index is 652. The smallest absolute Gasteiger partial charge is 0.274 e. The van der Waals surface area contributed by atoms with Gasteiger partial charge in [-0.25, -0.2) is 4.98 Å². The van der Waals surface area contributed by atoms with E-state index in [-0.39, 0.29) is 11.9 Å². The number of aromatic nitrogens is 4. The first-order valence-electron chi connectivity index (χ1n) is 7.73. The van der Waals surface area contributed by atoms with Crippen molar-refractivity contribution in [3.8, 4) is 0 Å². The number of aryl methyl sites for hydroxylation is 2.